The molecule has 0 saturated carbocycles. The zero-order chi connectivity index (χ0) is 20.6. The Kier molecular flexibility index (Phi) is 8.56. The molecular weight excluding hydrogens is 391 g/mol. The van der Waals surface area contributed by atoms with Crippen LogP contribution in [0.2, 0.25) is 0 Å². The van der Waals surface area contributed by atoms with Crippen LogP contribution in [0.3, 0.4) is 0 Å². The fourth-order valence-corrected chi connectivity index (χ4v) is 3.67. The quantitative estimate of drug-likeness (QED) is 0.526. The maximum Gasteiger partial charge on any atom is 0.406 e. The van der Waals surface area contributed by atoms with Gasteiger partial charge >= 0.3 is 6.18 Å². The van der Waals surface area contributed by atoms with E-state index in [2.05, 4.69) is 37.4 Å². The molecule has 0 radical (unpaired) electrons. The minimum Gasteiger partial charge on any atom is -0.357 e. The molecule has 6 nitrogen and oxygen atoms in total. The largest absolute Gasteiger partial charge is 0.406 e. The molecule has 2 heterocycles. The van der Waals surface area contributed by atoms with Gasteiger partial charge in [0.25, 0.3) is 0 Å². The number of rotatable bonds is 7. The average Bonchev–Trinajstić information content (AvgIpc) is 3.12. The van der Waals surface area contributed by atoms with Crippen LogP contribution < -0.4 is 10.6 Å². The highest BCUT2D eigenvalue weighted by Crippen LogP contribution is 2.16. The summed E-state index contributed by atoms with van der Waals surface area (Å²) >= 11 is 1.70. The summed E-state index contributed by atoms with van der Waals surface area (Å²) in [5, 5.41) is 10.6. The fourth-order valence-electron chi connectivity index (χ4n) is 3.01. The number of thiophene rings is 1. The molecule has 2 N–H and O–H groups in total. The van der Waals surface area contributed by atoms with E-state index < -0.39 is 18.6 Å². The van der Waals surface area contributed by atoms with E-state index in [4.69, 9.17) is 0 Å². The Bertz CT molecular complexity index is 628. The number of hydrogen-bond donors (Lipinski definition) is 2. The zero-order valence-corrected chi connectivity index (χ0v) is 17.1. The number of amides is 1. The van der Waals surface area contributed by atoms with E-state index in [0.717, 1.165) is 39.5 Å². The Balaban J connectivity index is 1.80. The predicted octanol–water partition coefficient (Wildman–Crippen LogP) is 2.29. The van der Waals surface area contributed by atoms with Gasteiger partial charge in [-0.2, -0.15) is 24.5 Å². The summed E-state index contributed by atoms with van der Waals surface area (Å²) in [4.78, 5) is 19.1. The van der Waals surface area contributed by atoms with Gasteiger partial charge in [0.1, 0.15) is 13.1 Å². The number of aliphatic imine (C=N–C) groups is 1. The number of likely N-dealkylation sites (N-methyl/N-ethyl adjacent to an activating group) is 1. The molecule has 1 aromatic heterocycles. The molecule has 1 aromatic rings. The third-order valence-electron chi connectivity index (χ3n) is 4.47. The van der Waals surface area contributed by atoms with Gasteiger partial charge in [0.2, 0.25) is 5.91 Å². The number of alkyl halides is 3. The van der Waals surface area contributed by atoms with Crippen LogP contribution in [0.5, 0.6) is 0 Å². The molecule has 0 bridgehead atoms. The average molecular weight is 420 g/mol. The van der Waals surface area contributed by atoms with E-state index in [1.165, 1.54) is 5.56 Å². The van der Waals surface area contributed by atoms with Gasteiger partial charge in [0.05, 0.1) is 0 Å². The highest BCUT2D eigenvalue weighted by molar-refractivity contribution is 7.07. The van der Waals surface area contributed by atoms with Crippen molar-refractivity contribution in [3.63, 3.8) is 0 Å². The molecule has 1 aliphatic heterocycles. The van der Waals surface area contributed by atoms with Crippen molar-refractivity contribution in [2.75, 3.05) is 39.8 Å². The van der Waals surface area contributed by atoms with Crippen LogP contribution in [0.4, 0.5) is 13.2 Å². The molecule has 2 rings (SSSR count). The van der Waals surface area contributed by atoms with Gasteiger partial charge in [-0.25, -0.2) is 4.99 Å². The van der Waals surface area contributed by atoms with Crippen molar-refractivity contribution >= 4 is 23.2 Å². The molecule has 1 aliphatic rings. The van der Waals surface area contributed by atoms with Crippen LogP contribution >= 0.6 is 11.3 Å². The standard InChI is InChI=1S/C18H28F3N5OS/c1-3-22-17(23-10-16(27)25(2)13-18(19,20)21)24-15-4-7-26(8-5-15)11-14-6-9-28-12-14/h6,9,12,15H,3-5,7-8,10-11,13H2,1-2H3,(H2,22,23,24). The summed E-state index contributed by atoms with van der Waals surface area (Å²) in [6, 6.07) is 2.36. The first kappa shape index (κ1) is 22.5. The van der Waals surface area contributed by atoms with Gasteiger partial charge in [-0.05, 0) is 42.2 Å². The van der Waals surface area contributed by atoms with Crippen LogP contribution in [0.15, 0.2) is 21.8 Å². The number of nitrogens with one attached hydrogen (secondary N) is 2. The molecule has 0 aromatic carbocycles. The number of nitrogens with zero attached hydrogens (tertiary/aromatic N) is 3. The number of guanidine groups is 1. The van der Waals surface area contributed by atoms with Gasteiger partial charge in [-0.15, -0.1) is 0 Å². The molecule has 0 aliphatic carbocycles. The van der Waals surface area contributed by atoms with Crippen molar-refractivity contribution in [2.24, 2.45) is 4.99 Å². The molecular formula is C18H28F3N5OS. The second-order valence-electron chi connectivity index (χ2n) is 6.89. The highest BCUT2D eigenvalue weighted by atomic mass is 32.1. The number of carbonyl (C=O) groups is 1. The molecule has 158 valence electrons. The van der Waals surface area contributed by atoms with E-state index >= 15 is 0 Å². The molecule has 1 fully saturated rings. The number of carbonyl (C=O) groups excluding carboxylic acids is 1. The smallest absolute Gasteiger partial charge is 0.357 e. The van der Waals surface area contributed by atoms with E-state index in [-0.39, 0.29) is 12.6 Å². The molecule has 1 saturated heterocycles. The number of hydrogen-bond acceptors (Lipinski definition) is 4. The Hall–Kier alpha value is -1.81. The van der Waals surface area contributed by atoms with Gasteiger partial charge in [0.15, 0.2) is 5.96 Å². The van der Waals surface area contributed by atoms with E-state index in [0.29, 0.717) is 17.4 Å². The van der Waals surface area contributed by atoms with Gasteiger partial charge in [-0.3, -0.25) is 9.69 Å². The van der Waals surface area contributed by atoms with Crippen molar-refractivity contribution in [3.05, 3.63) is 22.4 Å². The first-order valence-electron chi connectivity index (χ1n) is 9.36. The molecule has 0 atom stereocenters. The minimum atomic E-state index is -4.41. The molecule has 0 unspecified atom stereocenters. The Morgan fingerprint density at radius 1 is 1.39 bits per heavy atom. The monoisotopic (exact) mass is 419 g/mol. The zero-order valence-electron chi connectivity index (χ0n) is 16.3. The predicted molar refractivity (Wildman–Crippen MR) is 105 cm³/mol. The Morgan fingerprint density at radius 3 is 2.68 bits per heavy atom. The molecule has 1 amide bonds. The van der Waals surface area contributed by atoms with E-state index in [1.807, 2.05) is 6.92 Å². The third-order valence-corrected chi connectivity index (χ3v) is 5.21. The SMILES string of the molecule is CCNC(=NCC(=O)N(C)CC(F)(F)F)NC1CCN(Cc2ccsc2)CC1. The first-order chi connectivity index (χ1) is 13.3. The van der Waals surface area contributed by atoms with Crippen LogP contribution in [-0.2, 0) is 11.3 Å². The molecule has 28 heavy (non-hydrogen) atoms. The minimum absolute atomic E-state index is 0.222. The highest BCUT2D eigenvalue weighted by Gasteiger charge is 2.31. The summed E-state index contributed by atoms with van der Waals surface area (Å²) in [5.41, 5.74) is 1.33. The lowest BCUT2D eigenvalue weighted by Gasteiger charge is -2.33. The second kappa shape index (κ2) is 10.7. The number of piperidine rings is 1. The summed E-state index contributed by atoms with van der Waals surface area (Å²) in [6.07, 6.45) is -2.53. The van der Waals surface area contributed by atoms with E-state index in [1.54, 1.807) is 11.3 Å². The lowest BCUT2D eigenvalue weighted by Crippen LogP contribution is -2.49. The van der Waals surface area contributed by atoms with Crippen molar-refractivity contribution in [1.29, 1.82) is 0 Å². The molecule has 0 spiro atoms. The van der Waals surface area contributed by atoms with Crippen molar-refractivity contribution in [1.82, 2.24) is 20.4 Å². The maximum atomic E-state index is 12.4. The van der Waals surface area contributed by atoms with Crippen molar-refractivity contribution in [2.45, 2.75) is 38.5 Å². The fraction of sp³-hybridized carbons (Fsp3) is 0.667. The lowest BCUT2D eigenvalue weighted by molar-refractivity contribution is -0.157. The second-order valence-corrected chi connectivity index (χ2v) is 7.67. The first-order valence-corrected chi connectivity index (χ1v) is 10.3. The summed E-state index contributed by atoms with van der Waals surface area (Å²) in [7, 11) is 1.13. The van der Waals surface area contributed by atoms with Crippen LogP contribution in [0, 0.1) is 0 Å². The topological polar surface area (TPSA) is 60.0 Å². The van der Waals surface area contributed by atoms with Crippen molar-refractivity contribution in [3.8, 4) is 0 Å². The van der Waals surface area contributed by atoms with Crippen LogP contribution in [-0.4, -0.2) is 73.7 Å². The Labute approximate surface area is 167 Å². The normalized spacial score (nSPS) is 16.8. The van der Waals surface area contributed by atoms with Gasteiger partial charge in [0, 0.05) is 39.3 Å². The van der Waals surface area contributed by atoms with Crippen LogP contribution in [0.1, 0.15) is 25.3 Å². The Morgan fingerprint density at radius 2 is 2.11 bits per heavy atom. The lowest BCUT2D eigenvalue weighted by atomic mass is 10.0. The molecule has 10 heteroatoms. The van der Waals surface area contributed by atoms with Crippen molar-refractivity contribution < 1.29 is 18.0 Å². The number of halogens is 3. The maximum absolute atomic E-state index is 12.4. The third kappa shape index (κ3) is 8.05. The summed E-state index contributed by atoms with van der Waals surface area (Å²) in [6.45, 7) is 3.78. The van der Waals surface area contributed by atoms with Crippen LogP contribution in [0.25, 0.3) is 0 Å². The van der Waals surface area contributed by atoms with E-state index in [9.17, 15) is 18.0 Å². The van der Waals surface area contributed by atoms with Gasteiger partial charge in [-0.1, -0.05) is 0 Å². The summed E-state index contributed by atoms with van der Waals surface area (Å²) in [5.74, 6) is -0.201. The number of likely N-dealkylation sites (tertiary alicyclic amines) is 1. The summed E-state index contributed by atoms with van der Waals surface area (Å²) < 4.78 is 37.2. The van der Waals surface area contributed by atoms with Gasteiger partial charge < -0.3 is 15.5 Å².